The van der Waals surface area contributed by atoms with Crippen molar-refractivity contribution >= 4 is 23.8 Å². The first-order valence-electron chi connectivity index (χ1n) is 7.38. The van der Waals surface area contributed by atoms with Gasteiger partial charge < -0.3 is 9.57 Å². The smallest absolute Gasteiger partial charge is 0.119 e. The molecule has 1 aromatic rings. The largest absolute Gasteiger partial charge is 0.497 e. The molecule has 1 aliphatic carbocycles. The summed E-state index contributed by atoms with van der Waals surface area (Å²) in [6.07, 6.45) is 0. The minimum Gasteiger partial charge on any atom is -0.497 e. The third-order valence-electron chi connectivity index (χ3n) is 4.23. The van der Waals surface area contributed by atoms with Crippen LogP contribution in [0.3, 0.4) is 0 Å². The third kappa shape index (κ3) is 2.67. The summed E-state index contributed by atoms with van der Waals surface area (Å²) in [5.41, 5.74) is 5.02. The van der Waals surface area contributed by atoms with Crippen LogP contribution >= 0.6 is 0 Å². The lowest BCUT2D eigenvalue weighted by Gasteiger charge is -2.36. The summed E-state index contributed by atoms with van der Waals surface area (Å²) in [5, 5.41) is 4.30. The number of oxime groups is 1. The Kier molecular flexibility index (Phi) is 4.68. The summed E-state index contributed by atoms with van der Waals surface area (Å²) in [6, 6.07) is 5.83. The standard InChI is InChI=1S/C18H23N3O2/c1-11(19-4)15-16(20-5)13-9-8-12(22-6)10-14(13)17(21-23-7)18(15,2)3/h8-10H,5H2,1-4,6-7H3/b19-11?,21-17+. The Morgan fingerprint density at radius 3 is 2.39 bits per heavy atom. The summed E-state index contributed by atoms with van der Waals surface area (Å²) in [7, 11) is 4.97. The van der Waals surface area contributed by atoms with Crippen LogP contribution in [0.4, 0.5) is 0 Å². The number of methoxy groups -OCH3 is 1. The van der Waals surface area contributed by atoms with Crippen LogP contribution in [0.1, 0.15) is 31.9 Å². The first-order valence-corrected chi connectivity index (χ1v) is 7.38. The van der Waals surface area contributed by atoms with Crippen molar-refractivity contribution in [2.45, 2.75) is 20.8 Å². The molecule has 0 bridgehead atoms. The van der Waals surface area contributed by atoms with E-state index >= 15 is 0 Å². The van der Waals surface area contributed by atoms with Gasteiger partial charge in [0.15, 0.2) is 0 Å². The maximum Gasteiger partial charge on any atom is 0.119 e. The second-order valence-electron chi connectivity index (χ2n) is 5.85. The van der Waals surface area contributed by atoms with Gasteiger partial charge in [-0.3, -0.25) is 9.98 Å². The summed E-state index contributed by atoms with van der Waals surface area (Å²) in [5.74, 6) is 0.760. The quantitative estimate of drug-likeness (QED) is 0.630. The van der Waals surface area contributed by atoms with E-state index in [9.17, 15) is 0 Å². The van der Waals surface area contributed by atoms with Crippen LogP contribution in [0.2, 0.25) is 0 Å². The van der Waals surface area contributed by atoms with E-state index in [1.807, 2.05) is 25.1 Å². The van der Waals surface area contributed by atoms with Crippen LogP contribution in [0.25, 0.3) is 5.70 Å². The van der Waals surface area contributed by atoms with Crippen LogP contribution < -0.4 is 4.74 Å². The van der Waals surface area contributed by atoms with E-state index in [4.69, 9.17) is 9.57 Å². The highest BCUT2D eigenvalue weighted by Crippen LogP contribution is 2.45. The zero-order chi connectivity index (χ0) is 17.2. The van der Waals surface area contributed by atoms with Gasteiger partial charge in [0.1, 0.15) is 12.9 Å². The van der Waals surface area contributed by atoms with Crippen LogP contribution in [-0.4, -0.2) is 39.4 Å². The Bertz CT molecular complexity index is 728. The van der Waals surface area contributed by atoms with E-state index in [1.54, 1.807) is 21.3 Å². The normalized spacial score (nSPS) is 18.7. The van der Waals surface area contributed by atoms with Crippen molar-refractivity contribution in [3.8, 4) is 5.75 Å². The molecule has 0 fully saturated rings. The van der Waals surface area contributed by atoms with Crippen LogP contribution in [0, 0.1) is 5.41 Å². The molecule has 0 N–H and O–H groups in total. The van der Waals surface area contributed by atoms with Gasteiger partial charge in [-0.15, -0.1) is 0 Å². The van der Waals surface area contributed by atoms with Crippen LogP contribution in [0.15, 0.2) is 38.9 Å². The molecule has 5 heteroatoms. The van der Waals surface area contributed by atoms with Gasteiger partial charge in [0.25, 0.3) is 0 Å². The fourth-order valence-electron chi connectivity index (χ4n) is 3.09. The van der Waals surface area contributed by atoms with Gasteiger partial charge in [0, 0.05) is 34.9 Å². The summed E-state index contributed by atoms with van der Waals surface area (Å²) >= 11 is 0. The van der Waals surface area contributed by atoms with E-state index in [2.05, 4.69) is 35.7 Å². The number of aliphatic imine (C=N–C) groups is 2. The van der Waals surface area contributed by atoms with Crippen molar-refractivity contribution in [1.29, 1.82) is 0 Å². The number of fused-ring (bicyclic) bond motifs is 1. The predicted octanol–water partition coefficient (Wildman–Crippen LogP) is 3.59. The van der Waals surface area contributed by atoms with E-state index in [0.29, 0.717) is 0 Å². The molecule has 0 radical (unpaired) electrons. The van der Waals surface area contributed by atoms with Gasteiger partial charge in [0.2, 0.25) is 0 Å². The number of nitrogens with zero attached hydrogens (tertiary/aromatic N) is 3. The van der Waals surface area contributed by atoms with Gasteiger partial charge in [0.05, 0.1) is 18.5 Å². The molecule has 122 valence electrons. The second-order valence-corrected chi connectivity index (χ2v) is 5.85. The van der Waals surface area contributed by atoms with E-state index < -0.39 is 5.41 Å². The first kappa shape index (κ1) is 16.9. The predicted molar refractivity (Wildman–Crippen MR) is 95.8 cm³/mol. The van der Waals surface area contributed by atoms with Gasteiger partial charge in [-0.25, -0.2) is 0 Å². The van der Waals surface area contributed by atoms with Crippen molar-refractivity contribution in [1.82, 2.24) is 0 Å². The average molecular weight is 313 g/mol. The van der Waals surface area contributed by atoms with Gasteiger partial charge in [-0.05, 0) is 45.7 Å². The van der Waals surface area contributed by atoms with E-state index in [-0.39, 0.29) is 0 Å². The number of rotatable bonds is 4. The van der Waals surface area contributed by atoms with Crippen molar-refractivity contribution in [2.75, 3.05) is 21.3 Å². The molecule has 0 spiro atoms. The van der Waals surface area contributed by atoms with Crippen molar-refractivity contribution in [2.24, 2.45) is 20.6 Å². The molecule has 1 aromatic carbocycles. The molecule has 0 aromatic heterocycles. The highest BCUT2D eigenvalue weighted by Gasteiger charge is 2.41. The van der Waals surface area contributed by atoms with E-state index in [1.165, 1.54) is 0 Å². The maximum atomic E-state index is 5.36. The summed E-state index contributed by atoms with van der Waals surface area (Å²) < 4.78 is 5.36. The number of hydrogen-bond acceptors (Lipinski definition) is 5. The molecule has 5 nitrogen and oxygen atoms in total. The molecule has 0 unspecified atom stereocenters. The fourth-order valence-corrected chi connectivity index (χ4v) is 3.09. The van der Waals surface area contributed by atoms with Crippen LogP contribution in [0.5, 0.6) is 5.75 Å². The zero-order valence-corrected chi connectivity index (χ0v) is 14.6. The molecule has 1 aliphatic rings. The molecule has 0 saturated carbocycles. The third-order valence-corrected chi connectivity index (χ3v) is 4.23. The Labute approximate surface area is 137 Å². The van der Waals surface area contributed by atoms with Crippen molar-refractivity contribution in [3.63, 3.8) is 0 Å². The monoisotopic (exact) mass is 313 g/mol. The summed E-state index contributed by atoms with van der Waals surface area (Å²) in [6.45, 7) is 9.91. The maximum absolute atomic E-state index is 5.36. The van der Waals surface area contributed by atoms with E-state index in [0.717, 1.165) is 39.6 Å². The Morgan fingerprint density at radius 2 is 1.87 bits per heavy atom. The van der Waals surface area contributed by atoms with Crippen molar-refractivity contribution < 1.29 is 9.57 Å². The lowest BCUT2D eigenvalue weighted by atomic mass is 9.68. The van der Waals surface area contributed by atoms with Crippen LogP contribution in [-0.2, 0) is 4.84 Å². The lowest BCUT2D eigenvalue weighted by Crippen LogP contribution is -2.35. The molecule has 0 aliphatic heterocycles. The number of benzene rings is 1. The number of hydrogen-bond donors (Lipinski definition) is 0. The lowest BCUT2D eigenvalue weighted by molar-refractivity contribution is 0.210. The molecular weight excluding hydrogens is 290 g/mol. The number of ether oxygens (including phenoxy) is 1. The topological polar surface area (TPSA) is 55.5 Å². The minimum atomic E-state index is -0.421. The van der Waals surface area contributed by atoms with Gasteiger partial charge >= 0.3 is 0 Å². The van der Waals surface area contributed by atoms with Gasteiger partial charge in [-0.1, -0.05) is 5.16 Å². The molecule has 0 atom stereocenters. The van der Waals surface area contributed by atoms with Crippen molar-refractivity contribution in [3.05, 3.63) is 34.9 Å². The highest BCUT2D eigenvalue weighted by atomic mass is 16.6. The molecule has 0 saturated heterocycles. The molecule has 0 heterocycles. The molecule has 0 amide bonds. The molecular formula is C18H23N3O2. The summed E-state index contributed by atoms with van der Waals surface area (Å²) in [4.78, 5) is 13.8. The first-order chi connectivity index (χ1) is 10.9. The highest BCUT2D eigenvalue weighted by molar-refractivity contribution is 6.21. The Hall–Kier alpha value is -2.43. The SMILES string of the molecule is C=NC1=C(C(C)=NC)C(C)(C)/C(=N/OC)c2cc(OC)ccc21. The zero-order valence-electron chi connectivity index (χ0n) is 14.6. The van der Waals surface area contributed by atoms with Gasteiger partial charge in [-0.2, -0.15) is 0 Å². The fraction of sp³-hybridized carbons (Fsp3) is 0.389. The minimum absolute atomic E-state index is 0.421. The Morgan fingerprint density at radius 1 is 1.17 bits per heavy atom. The molecule has 23 heavy (non-hydrogen) atoms. The molecule has 2 rings (SSSR count). The Balaban J connectivity index is 2.92. The number of allylic oxidation sites excluding steroid dienone is 1. The average Bonchev–Trinajstić information content (AvgIpc) is 2.55. The second kappa shape index (κ2) is 6.36.